The highest BCUT2D eigenvalue weighted by Crippen LogP contribution is 2.18. The van der Waals surface area contributed by atoms with Crippen LogP contribution in [0.2, 0.25) is 0 Å². The van der Waals surface area contributed by atoms with Gasteiger partial charge in [-0.05, 0) is 43.2 Å². The van der Waals surface area contributed by atoms with Gasteiger partial charge in [0.1, 0.15) is 5.82 Å². The lowest BCUT2D eigenvalue weighted by Gasteiger charge is -2.32. The van der Waals surface area contributed by atoms with Crippen molar-refractivity contribution in [2.45, 2.75) is 25.4 Å². The third kappa shape index (κ3) is 5.07. The minimum absolute atomic E-state index is 0.0612. The van der Waals surface area contributed by atoms with Gasteiger partial charge in [-0.1, -0.05) is 0 Å². The number of benzene rings is 1. The molecule has 0 atom stereocenters. The molecule has 144 valence electrons. The van der Waals surface area contributed by atoms with Crippen LogP contribution in [0, 0.1) is 5.82 Å². The van der Waals surface area contributed by atoms with Crippen molar-refractivity contribution in [3.63, 3.8) is 0 Å². The van der Waals surface area contributed by atoms with Crippen molar-refractivity contribution in [3.8, 4) is 0 Å². The van der Waals surface area contributed by atoms with Gasteiger partial charge in [0.2, 0.25) is 5.76 Å². The highest BCUT2D eigenvalue weighted by Gasteiger charge is 2.23. The van der Waals surface area contributed by atoms with Crippen molar-refractivity contribution >= 4 is 17.7 Å². The fraction of sp³-hybridized carbons (Fsp3) is 0.368. The Hall–Kier alpha value is -2.87. The van der Waals surface area contributed by atoms with Gasteiger partial charge in [0.25, 0.3) is 0 Å². The van der Waals surface area contributed by atoms with E-state index in [0.29, 0.717) is 12.2 Å². The number of anilines is 1. The molecule has 3 rings (SSSR count). The third-order valence-electron chi connectivity index (χ3n) is 4.54. The number of amides is 2. The molecule has 1 fully saturated rings. The number of hydrogen-bond donors (Lipinski definition) is 2. The smallest absolute Gasteiger partial charge is 0.374 e. The maximum absolute atomic E-state index is 12.9. The van der Waals surface area contributed by atoms with Crippen LogP contribution in [0.5, 0.6) is 0 Å². The Bertz CT molecular complexity index is 783. The Morgan fingerprint density at radius 2 is 1.93 bits per heavy atom. The molecule has 2 N–H and O–H groups in total. The Morgan fingerprint density at radius 1 is 1.22 bits per heavy atom. The number of methoxy groups -OCH3 is 1. The zero-order valence-corrected chi connectivity index (χ0v) is 15.0. The number of furan rings is 1. The van der Waals surface area contributed by atoms with E-state index in [1.54, 1.807) is 6.07 Å². The molecule has 8 heteroatoms. The zero-order valence-electron chi connectivity index (χ0n) is 15.0. The Kier molecular flexibility index (Phi) is 6.08. The van der Waals surface area contributed by atoms with Crippen molar-refractivity contribution in [1.29, 1.82) is 0 Å². The van der Waals surface area contributed by atoms with Crippen LogP contribution in [-0.2, 0) is 11.3 Å². The quantitative estimate of drug-likeness (QED) is 0.785. The fourth-order valence-corrected chi connectivity index (χ4v) is 3.09. The normalized spacial score (nSPS) is 15.3. The summed E-state index contributed by atoms with van der Waals surface area (Å²) in [5, 5.41) is 5.63. The van der Waals surface area contributed by atoms with Crippen LogP contribution in [0.4, 0.5) is 14.9 Å². The summed E-state index contributed by atoms with van der Waals surface area (Å²) in [6, 6.07) is 7.16. The average molecular weight is 375 g/mol. The molecule has 0 saturated carbocycles. The van der Waals surface area contributed by atoms with Crippen molar-refractivity contribution in [2.75, 3.05) is 25.5 Å². The number of piperidine rings is 1. The van der Waals surface area contributed by atoms with Crippen LogP contribution in [0.15, 0.2) is 41.0 Å². The first kappa shape index (κ1) is 18.9. The molecule has 0 unspecified atom stereocenters. The molecular formula is C19H22FN3O4. The summed E-state index contributed by atoms with van der Waals surface area (Å²) < 4.78 is 22.8. The van der Waals surface area contributed by atoms with Crippen LogP contribution < -0.4 is 10.6 Å². The third-order valence-corrected chi connectivity index (χ3v) is 4.54. The molecule has 2 heterocycles. The first-order valence-corrected chi connectivity index (χ1v) is 8.75. The molecule has 0 radical (unpaired) electrons. The summed E-state index contributed by atoms with van der Waals surface area (Å²) in [7, 11) is 1.32. The second-order valence-electron chi connectivity index (χ2n) is 6.42. The molecule has 0 aliphatic carbocycles. The standard InChI is InChI=1S/C19H22FN3O4/c1-26-18(24)17-13(8-11-27-17)12-23-9-6-16(7-10-23)22-19(25)21-15-4-2-14(20)3-5-15/h2-5,8,11,16H,6-7,9-10,12H2,1H3,(H2,21,22,25). The lowest BCUT2D eigenvalue weighted by atomic mass is 10.0. The number of likely N-dealkylation sites (tertiary alicyclic amines) is 1. The summed E-state index contributed by atoms with van der Waals surface area (Å²) in [5.74, 6) is -0.596. The van der Waals surface area contributed by atoms with E-state index < -0.39 is 5.97 Å². The van der Waals surface area contributed by atoms with E-state index in [0.717, 1.165) is 31.5 Å². The number of ether oxygens (including phenoxy) is 1. The first-order valence-electron chi connectivity index (χ1n) is 8.75. The van der Waals surface area contributed by atoms with E-state index in [1.165, 1.54) is 37.6 Å². The molecule has 27 heavy (non-hydrogen) atoms. The summed E-state index contributed by atoms with van der Waals surface area (Å²) in [6.45, 7) is 2.16. The number of halogens is 1. The molecule has 1 aliphatic rings. The average Bonchev–Trinajstić information content (AvgIpc) is 3.12. The Balaban J connectivity index is 1.45. The van der Waals surface area contributed by atoms with E-state index in [2.05, 4.69) is 15.5 Å². The van der Waals surface area contributed by atoms with E-state index in [4.69, 9.17) is 9.15 Å². The van der Waals surface area contributed by atoms with Crippen molar-refractivity contribution < 1.29 is 23.1 Å². The maximum atomic E-state index is 12.9. The number of nitrogens with one attached hydrogen (secondary N) is 2. The molecule has 2 amide bonds. The largest absolute Gasteiger partial charge is 0.463 e. The number of hydrogen-bond acceptors (Lipinski definition) is 5. The SMILES string of the molecule is COC(=O)c1occc1CN1CCC(NC(=O)Nc2ccc(F)cc2)CC1. The van der Waals surface area contributed by atoms with Crippen LogP contribution in [-0.4, -0.2) is 43.1 Å². The number of carbonyl (C=O) groups is 2. The molecule has 1 aliphatic heterocycles. The first-order chi connectivity index (χ1) is 13.0. The number of nitrogens with zero attached hydrogens (tertiary/aromatic N) is 1. The number of rotatable bonds is 5. The molecule has 1 aromatic heterocycles. The topological polar surface area (TPSA) is 83.8 Å². The van der Waals surface area contributed by atoms with Gasteiger partial charge in [0.15, 0.2) is 0 Å². The van der Waals surface area contributed by atoms with E-state index in [9.17, 15) is 14.0 Å². The lowest BCUT2D eigenvalue weighted by molar-refractivity contribution is 0.0561. The molecule has 2 aromatic rings. The van der Waals surface area contributed by atoms with Crippen LogP contribution in [0.3, 0.4) is 0 Å². The van der Waals surface area contributed by atoms with E-state index >= 15 is 0 Å². The molecule has 0 bridgehead atoms. The lowest BCUT2D eigenvalue weighted by Crippen LogP contribution is -2.45. The van der Waals surface area contributed by atoms with Crippen molar-refractivity contribution in [2.24, 2.45) is 0 Å². The van der Waals surface area contributed by atoms with Crippen molar-refractivity contribution in [3.05, 3.63) is 53.7 Å². The minimum atomic E-state index is -0.482. The van der Waals surface area contributed by atoms with E-state index in [-0.39, 0.29) is 23.7 Å². The van der Waals surface area contributed by atoms with Gasteiger partial charge in [-0.2, -0.15) is 0 Å². The molecule has 1 saturated heterocycles. The monoisotopic (exact) mass is 375 g/mol. The number of urea groups is 1. The summed E-state index contributed by atoms with van der Waals surface area (Å²) in [5.41, 5.74) is 1.34. The zero-order chi connectivity index (χ0) is 19.2. The summed E-state index contributed by atoms with van der Waals surface area (Å²) in [4.78, 5) is 25.9. The van der Waals surface area contributed by atoms with Gasteiger partial charge in [0, 0.05) is 36.9 Å². The summed E-state index contributed by atoms with van der Waals surface area (Å²) in [6.07, 6.45) is 3.07. The van der Waals surface area contributed by atoms with Gasteiger partial charge in [-0.3, -0.25) is 4.90 Å². The second-order valence-corrected chi connectivity index (χ2v) is 6.42. The minimum Gasteiger partial charge on any atom is -0.463 e. The predicted octanol–water partition coefficient (Wildman–Crippen LogP) is 2.99. The van der Waals surface area contributed by atoms with Crippen LogP contribution in [0.25, 0.3) is 0 Å². The van der Waals surface area contributed by atoms with Gasteiger partial charge < -0.3 is 19.8 Å². The van der Waals surface area contributed by atoms with Crippen molar-refractivity contribution in [1.82, 2.24) is 10.2 Å². The predicted molar refractivity (Wildman–Crippen MR) is 96.9 cm³/mol. The summed E-state index contributed by atoms with van der Waals surface area (Å²) >= 11 is 0. The number of carbonyl (C=O) groups excluding carboxylic acids is 2. The molecule has 1 aromatic carbocycles. The second kappa shape index (κ2) is 8.68. The fourth-order valence-electron chi connectivity index (χ4n) is 3.09. The highest BCUT2D eigenvalue weighted by atomic mass is 19.1. The molecule has 0 spiro atoms. The van der Waals surface area contributed by atoms with Crippen LogP contribution >= 0.6 is 0 Å². The van der Waals surface area contributed by atoms with Gasteiger partial charge in [0.05, 0.1) is 13.4 Å². The van der Waals surface area contributed by atoms with Crippen LogP contribution in [0.1, 0.15) is 29.0 Å². The number of esters is 1. The van der Waals surface area contributed by atoms with E-state index in [1.807, 2.05) is 0 Å². The Morgan fingerprint density at radius 3 is 2.59 bits per heavy atom. The molecule has 7 nitrogen and oxygen atoms in total. The molecular weight excluding hydrogens is 353 g/mol. The Labute approximate surface area is 156 Å². The highest BCUT2D eigenvalue weighted by molar-refractivity contribution is 5.89. The van der Waals surface area contributed by atoms with Gasteiger partial charge >= 0.3 is 12.0 Å². The van der Waals surface area contributed by atoms with Gasteiger partial charge in [-0.25, -0.2) is 14.0 Å². The maximum Gasteiger partial charge on any atom is 0.374 e. The van der Waals surface area contributed by atoms with Gasteiger partial charge in [-0.15, -0.1) is 0 Å².